The molecule has 0 fully saturated rings. The largest absolute Gasteiger partial charge is 0.432 e. The van der Waals surface area contributed by atoms with E-state index in [1.165, 1.54) is 6.07 Å². The molecule has 20 heavy (non-hydrogen) atoms. The zero-order valence-corrected chi connectivity index (χ0v) is 12.3. The molecule has 0 amide bonds. The van der Waals surface area contributed by atoms with Crippen molar-refractivity contribution in [3.05, 3.63) is 56.2 Å². The van der Waals surface area contributed by atoms with Gasteiger partial charge in [0.25, 0.3) is 0 Å². The molecule has 0 bridgehead atoms. The highest BCUT2D eigenvalue weighted by molar-refractivity contribution is 9.10. The van der Waals surface area contributed by atoms with Crippen LogP contribution in [-0.2, 0) is 6.54 Å². The van der Waals surface area contributed by atoms with Crippen molar-refractivity contribution in [3.8, 4) is 11.6 Å². The Labute approximate surface area is 123 Å². The van der Waals surface area contributed by atoms with E-state index in [0.29, 0.717) is 16.6 Å². The van der Waals surface area contributed by atoms with Crippen LogP contribution in [0.2, 0.25) is 0 Å². The lowest BCUT2D eigenvalue weighted by Crippen LogP contribution is -1.99. The number of rotatable bonds is 4. The molecule has 0 unspecified atom stereocenters. The second-order valence-electron chi connectivity index (χ2n) is 4.14. The van der Waals surface area contributed by atoms with Crippen molar-refractivity contribution in [1.82, 2.24) is 4.98 Å². The topological polar surface area (TPSA) is 91.3 Å². The molecule has 0 saturated heterocycles. The molecular weight excluding hydrogens is 326 g/mol. The first-order chi connectivity index (χ1) is 9.51. The lowest BCUT2D eigenvalue weighted by Gasteiger charge is -2.09. The molecule has 7 heteroatoms. The number of nitro groups is 1. The SMILES string of the molecule is Cc1cc(Br)cc([N+](=O)[O-])c1Oc1ccc(CN)cn1. The van der Waals surface area contributed by atoms with Gasteiger partial charge in [-0.1, -0.05) is 22.0 Å². The van der Waals surface area contributed by atoms with Crippen molar-refractivity contribution in [3.63, 3.8) is 0 Å². The standard InChI is InChI=1S/C13H12BrN3O3/c1-8-4-10(14)5-11(17(18)19)13(8)20-12-3-2-9(6-15)7-16-12/h2-5,7H,6,15H2,1H3. The lowest BCUT2D eigenvalue weighted by molar-refractivity contribution is -0.385. The Morgan fingerprint density at radius 3 is 2.75 bits per heavy atom. The van der Waals surface area contributed by atoms with E-state index < -0.39 is 4.92 Å². The van der Waals surface area contributed by atoms with Crippen molar-refractivity contribution >= 4 is 21.6 Å². The fraction of sp³-hybridized carbons (Fsp3) is 0.154. The van der Waals surface area contributed by atoms with Gasteiger partial charge in [-0.05, 0) is 18.6 Å². The van der Waals surface area contributed by atoms with Gasteiger partial charge < -0.3 is 10.5 Å². The third-order valence-corrected chi connectivity index (χ3v) is 3.11. The quantitative estimate of drug-likeness (QED) is 0.682. The normalized spacial score (nSPS) is 10.3. The number of aromatic nitrogens is 1. The highest BCUT2D eigenvalue weighted by atomic mass is 79.9. The second kappa shape index (κ2) is 5.98. The third-order valence-electron chi connectivity index (χ3n) is 2.66. The van der Waals surface area contributed by atoms with Gasteiger partial charge in [0.1, 0.15) is 0 Å². The Balaban J connectivity index is 2.39. The summed E-state index contributed by atoms with van der Waals surface area (Å²) in [5.41, 5.74) is 6.88. The Kier molecular flexibility index (Phi) is 4.31. The molecular formula is C13H12BrN3O3. The zero-order valence-electron chi connectivity index (χ0n) is 10.7. The first kappa shape index (κ1) is 14.4. The average Bonchev–Trinajstić information content (AvgIpc) is 2.42. The second-order valence-corrected chi connectivity index (χ2v) is 5.05. The molecule has 1 heterocycles. The van der Waals surface area contributed by atoms with Gasteiger partial charge in [-0.3, -0.25) is 10.1 Å². The summed E-state index contributed by atoms with van der Waals surface area (Å²) in [7, 11) is 0. The van der Waals surface area contributed by atoms with Crippen molar-refractivity contribution in [2.24, 2.45) is 5.73 Å². The first-order valence-electron chi connectivity index (χ1n) is 5.78. The Morgan fingerprint density at radius 2 is 2.20 bits per heavy atom. The van der Waals surface area contributed by atoms with Crippen LogP contribution in [0.5, 0.6) is 11.6 Å². The molecule has 2 rings (SSSR count). The van der Waals surface area contributed by atoms with E-state index in [1.807, 2.05) is 0 Å². The molecule has 2 aromatic rings. The molecule has 0 saturated carbocycles. The van der Waals surface area contributed by atoms with Gasteiger partial charge in [-0.15, -0.1) is 0 Å². The van der Waals surface area contributed by atoms with Gasteiger partial charge in [0.2, 0.25) is 11.6 Å². The van der Waals surface area contributed by atoms with Gasteiger partial charge in [-0.2, -0.15) is 0 Å². The predicted molar refractivity (Wildman–Crippen MR) is 77.7 cm³/mol. The fourth-order valence-corrected chi connectivity index (χ4v) is 2.24. The minimum Gasteiger partial charge on any atom is -0.432 e. The molecule has 0 aliphatic rings. The number of hydrogen-bond acceptors (Lipinski definition) is 5. The highest BCUT2D eigenvalue weighted by Gasteiger charge is 2.20. The number of aryl methyl sites for hydroxylation is 1. The van der Waals surface area contributed by atoms with E-state index in [9.17, 15) is 10.1 Å². The summed E-state index contributed by atoms with van der Waals surface area (Å²) in [5, 5.41) is 11.1. The third kappa shape index (κ3) is 3.12. The van der Waals surface area contributed by atoms with Crippen molar-refractivity contribution in [2.75, 3.05) is 0 Å². The predicted octanol–water partition coefficient (Wildman–Crippen LogP) is 3.31. The zero-order chi connectivity index (χ0) is 14.7. The summed E-state index contributed by atoms with van der Waals surface area (Å²) in [5.74, 6) is 0.474. The van der Waals surface area contributed by atoms with Gasteiger partial charge >= 0.3 is 5.69 Å². The number of nitrogens with zero attached hydrogens (tertiary/aromatic N) is 2. The molecule has 0 aliphatic heterocycles. The van der Waals surface area contributed by atoms with Crippen molar-refractivity contribution in [1.29, 1.82) is 0 Å². The molecule has 104 valence electrons. The lowest BCUT2D eigenvalue weighted by atomic mass is 10.2. The van der Waals surface area contributed by atoms with Crippen molar-refractivity contribution < 1.29 is 9.66 Å². The number of hydrogen-bond donors (Lipinski definition) is 1. The van der Waals surface area contributed by atoms with Crippen LogP contribution in [0, 0.1) is 17.0 Å². The number of pyridine rings is 1. The van der Waals surface area contributed by atoms with Gasteiger partial charge in [0.05, 0.1) is 4.92 Å². The van der Waals surface area contributed by atoms with Crippen LogP contribution in [0.1, 0.15) is 11.1 Å². The van der Waals surface area contributed by atoms with E-state index >= 15 is 0 Å². The number of halogens is 1. The molecule has 6 nitrogen and oxygen atoms in total. The Hall–Kier alpha value is -1.99. The average molecular weight is 338 g/mol. The molecule has 1 aromatic heterocycles. The number of benzene rings is 1. The maximum Gasteiger partial charge on any atom is 0.313 e. The maximum absolute atomic E-state index is 11.1. The van der Waals surface area contributed by atoms with Crippen molar-refractivity contribution in [2.45, 2.75) is 13.5 Å². The maximum atomic E-state index is 11.1. The summed E-state index contributed by atoms with van der Waals surface area (Å²) in [6.07, 6.45) is 1.58. The van der Waals surface area contributed by atoms with Crippen LogP contribution in [0.3, 0.4) is 0 Å². The first-order valence-corrected chi connectivity index (χ1v) is 6.58. The van der Waals surface area contributed by atoms with Gasteiger partial charge in [0.15, 0.2) is 0 Å². The molecule has 0 radical (unpaired) electrons. The summed E-state index contributed by atoms with van der Waals surface area (Å²) >= 11 is 3.23. The van der Waals surface area contributed by atoms with E-state index in [-0.39, 0.29) is 17.3 Å². The van der Waals surface area contributed by atoms with Gasteiger partial charge in [0, 0.05) is 34.9 Å². The monoisotopic (exact) mass is 337 g/mol. The number of nitrogens with two attached hydrogens (primary N) is 1. The van der Waals surface area contributed by atoms with Crippen LogP contribution in [-0.4, -0.2) is 9.91 Å². The molecule has 2 N–H and O–H groups in total. The Bertz CT molecular complexity index is 644. The Morgan fingerprint density at radius 1 is 1.45 bits per heavy atom. The van der Waals surface area contributed by atoms with Crippen LogP contribution >= 0.6 is 15.9 Å². The minimum absolute atomic E-state index is 0.110. The highest BCUT2D eigenvalue weighted by Crippen LogP contribution is 2.36. The molecule has 1 aromatic carbocycles. The summed E-state index contributed by atoms with van der Waals surface area (Å²) in [6, 6.07) is 6.54. The van der Waals surface area contributed by atoms with E-state index in [1.54, 1.807) is 31.3 Å². The molecule has 0 aliphatic carbocycles. The molecule has 0 atom stereocenters. The van der Waals surface area contributed by atoms with E-state index in [4.69, 9.17) is 10.5 Å². The summed E-state index contributed by atoms with van der Waals surface area (Å²) in [6.45, 7) is 2.12. The van der Waals surface area contributed by atoms with Crippen LogP contribution < -0.4 is 10.5 Å². The smallest absolute Gasteiger partial charge is 0.313 e. The number of nitro benzene ring substituents is 1. The minimum atomic E-state index is -0.485. The summed E-state index contributed by atoms with van der Waals surface area (Å²) in [4.78, 5) is 14.7. The fourth-order valence-electron chi connectivity index (χ4n) is 1.68. The van der Waals surface area contributed by atoms with Gasteiger partial charge in [-0.25, -0.2) is 4.98 Å². The van der Waals surface area contributed by atoms with Crippen LogP contribution in [0.15, 0.2) is 34.9 Å². The van der Waals surface area contributed by atoms with Crippen LogP contribution in [0.25, 0.3) is 0 Å². The van der Waals surface area contributed by atoms with Crippen LogP contribution in [0.4, 0.5) is 5.69 Å². The van der Waals surface area contributed by atoms with E-state index in [0.717, 1.165) is 5.56 Å². The number of ether oxygens (including phenoxy) is 1. The summed E-state index contributed by atoms with van der Waals surface area (Å²) < 4.78 is 6.17. The molecule has 0 spiro atoms. The van der Waals surface area contributed by atoms with E-state index in [2.05, 4.69) is 20.9 Å².